The van der Waals surface area contributed by atoms with E-state index in [9.17, 15) is 8.42 Å². The maximum Gasteiger partial charge on any atom is 0.258 e. The highest BCUT2D eigenvalue weighted by Crippen LogP contribution is 2.44. The Bertz CT molecular complexity index is 1310. The molecular formula is C18H15ClN6O3S2. The molecule has 4 rings (SSSR count). The lowest BCUT2D eigenvalue weighted by Crippen LogP contribution is -2.50. The van der Waals surface area contributed by atoms with Crippen molar-refractivity contribution in [1.29, 1.82) is 5.26 Å². The zero-order valence-electron chi connectivity index (χ0n) is 15.8. The Morgan fingerprint density at radius 1 is 1.30 bits per heavy atom. The number of guanidine groups is 1. The number of aliphatic imine (C=N–C) groups is 1. The van der Waals surface area contributed by atoms with Gasteiger partial charge in [-0.3, -0.25) is 0 Å². The minimum atomic E-state index is -3.62. The zero-order valence-corrected chi connectivity index (χ0v) is 18.2. The molecule has 0 fully saturated rings. The number of nitrogens with zero attached hydrogens (tertiary/aromatic N) is 5. The second-order valence-electron chi connectivity index (χ2n) is 6.86. The van der Waals surface area contributed by atoms with Crippen LogP contribution < -0.4 is 5.73 Å². The van der Waals surface area contributed by atoms with Gasteiger partial charge in [0.05, 0.1) is 32.2 Å². The monoisotopic (exact) mass is 462 g/mol. The van der Waals surface area contributed by atoms with Gasteiger partial charge in [0.15, 0.2) is 0 Å². The third-order valence-corrected chi connectivity index (χ3v) is 8.37. The second kappa shape index (κ2) is 7.09. The minimum Gasteiger partial charge on any atom is -0.415 e. The summed E-state index contributed by atoms with van der Waals surface area (Å²) in [5.74, 6) is 0.160. The van der Waals surface area contributed by atoms with Crippen LogP contribution in [0.1, 0.15) is 17.4 Å². The summed E-state index contributed by atoms with van der Waals surface area (Å²) in [6.45, 7) is 1.67. The Morgan fingerprint density at radius 3 is 2.60 bits per heavy atom. The van der Waals surface area contributed by atoms with Crippen LogP contribution in [0.5, 0.6) is 0 Å². The molecular weight excluding hydrogens is 448 g/mol. The largest absolute Gasteiger partial charge is 0.415 e. The molecule has 0 spiro atoms. The lowest BCUT2D eigenvalue weighted by Gasteiger charge is -2.33. The van der Waals surface area contributed by atoms with Gasteiger partial charge in [-0.15, -0.1) is 21.5 Å². The van der Waals surface area contributed by atoms with E-state index in [1.807, 2.05) is 6.07 Å². The van der Waals surface area contributed by atoms with Crippen molar-refractivity contribution in [2.24, 2.45) is 10.7 Å². The number of hydrogen-bond donors (Lipinski definition) is 1. The molecule has 12 heteroatoms. The lowest BCUT2D eigenvalue weighted by atomic mass is 10.0. The summed E-state index contributed by atoms with van der Waals surface area (Å²) in [5.41, 5.74) is 5.88. The first-order chi connectivity index (χ1) is 14.1. The Kier molecular flexibility index (Phi) is 4.80. The summed E-state index contributed by atoms with van der Waals surface area (Å²) in [6, 6.07) is 10.4. The van der Waals surface area contributed by atoms with Crippen LogP contribution in [0.15, 0.2) is 39.7 Å². The van der Waals surface area contributed by atoms with Gasteiger partial charge in [-0.05, 0) is 37.3 Å². The van der Waals surface area contributed by atoms with Gasteiger partial charge in [-0.25, -0.2) is 17.7 Å². The van der Waals surface area contributed by atoms with Gasteiger partial charge < -0.3 is 10.2 Å². The fourth-order valence-corrected chi connectivity index (χ4v) is 6.12. The van der Waals surface area contributed by atoms with E-state index in [1.54, 1.807) is 37.3 Å². The normalized spacial score (nSPS) is 20.6. The van der Waals surface area contributed by atoms with E-state index in [0.717, 1.165) is 4.31 Å². The number of nitriles is 1. The van der Waals surface area contributed by atoms with Crippen molar-refractivity contribution >= 4 is 38.9 Å². The number of halogens is 1. The van der Waals surface area contributed by atoms with Crippen LogP contribution in [0.2, 0.25) is 5.02 Å². The van der Waals surface area contributed by atoms with E-state index >= 15 is 0 Å². The van der Waals surface area contributed by atoms with Crippen LogP contribution in [-0.4, -0.2) is 41.7 Å². The average molecular weight is 463 g/mol. The van der Waals surface area contributed by atoms with E-state index in [1.165, 1.54) is 18.4 Å². The fourth-order valence-electron chi connectivity index (χ4n) is 3.03. The molecule has 0 bridgehead atoms. The Balaban J connectivity index is 1.70. The maximum absolute atomic E-state index is 12.4. The van der Waals surface area contributed by atoms with Crippen molar-refractivity contribution in [2.75, 3.05) is 12.8 Å². The highest BCUT2D eigenvalue weighted by atomic mass is 35.5. The number of sulfonamides is 1. The van der Waals surface area contributed by atoms with Crippen molar-refractivity contribution in [3.63, 3.8) is 0 Å². The molecule has 3 aromatic rings. The quantitative estimate of drug-likeness (QED) is 0.631. The standard InChI is InChI=1S/C18H15ClN6O3S2/c1-18(9-30(26,27)25(2)17(21)22-18)14-12(19)7-13(29-14)16-24-23-15(28-16)11-5-3-10(8-20)4-6-11/h3-7H,9H2,1-2H3,(H2,21,22)/t18-/m0/s1. The van der Waals surface area contributed by atoms with Gasteiger partial charge in [0.1, 0.15) is 5.54 Å². The molecule has 0 unspecified atom stereocenters. The third kappa shape index (κ3) is 3.43. The molecule has 0 radical (unpaired) electrons. The van der Waals surface area contributed by atoms with Crippen LogP contribution in [-0.2, 0) is 15.6 Å². The van der Waals surface area contributed by atoms with Gasteiger partial charge in [0.25, 0.3) is 5.89 Å². The van der Waals surface area contributed by atoms with Gasteiger partial charge in [-0.2, -0.15) is 5.26 Å². The number of benzene rings is 1. The number of aromatic nitrogens is 2. The van der Waals surface area contributed by atoms with E-state index in [2.05, 4.69) is 15.2 Å². The molecule has 2 N–H and O–H groups in total. The first kappa shape index (κ1) is 20.3. The predicted octanol–water partition coefficient (Wildman–Crippen LogP) is 2.80. The molecule has 0 saturated carbocycles. The number of thiophene rings is 1. The SMILES string of the molecule is CN1C(N)=N[C@](C)(c2sc(-c3nnc(-c4ccc(C#N)cc4)o3)cc2Cl)CS1(=O)=O. The first-order valence-electron chi connectivity index (χ1n) is 8.59. The number of nitrogens with two attached hydrogens (primary N) is 1. The van der Waals surface area contributed by atoms with Crippen LogP contribution >= 0.6 is 22.9 Å². The van der Waals surface area contributed by atoms with Gasteiger partial charge in [0.2, 0.25) is 21.9 Å². The van der Waals surface area contributed by atoms with E-state index in [0.29, 0.717) is 25.9 Å². The topological polar surface area (TPSA) is 138 Å². The molecule has 1 aliphatic rings. The summed E-state index contributed by atoms with van der Waals surface area (Å²) in [4.78, 5) is 5.49. The molecule has 30 heavy (non-hydrogen) atoms. The number of hydrogen-bond acceptors (Lipinski definition) is 9. The molecule has 0 amide bonds. The van der Waals surface area contributed by atoms with Gasteiger partial charge >= 0.3 is 0 Å². The smallest absolute Gasteiger partial charge is 0.258 e. The molecule has 3 heterocycles. The zero-order chi connectivity index (χ0) is 21.7. The highest BCUT2D eigenvalue weighted by Gasteiger charge is 2.42. The predicted molar refractivity (Wildman–Crippen MR) is 113 cm³/mol. The van der Waals surface area contributed by atoms with E-state index in [4.69, 9.17) is 27.0 Å². The molecule has 1 aromatic carbocycles. The maximum atomic E-state index is 12.4. The highest BCUT2D eigenvalue weighted by molar-refractivity contribution is 7.89. The molecule has 0 aliphatic carbocycles. The Hall–Kier alpha value is -2.94. The van der Waals surface area contributed by atoms with E-state index < -0.39 is 15.6 Å². The fraction of sp³-hybridized carbons (Fsp3) is 0.222. The van der Waals surface area contributed by atoms with Crippen LogP contribution in [0.25, 0.3) is 22.2 Å². The van der Waals surface area contributed by atoms with Crippen LogP contribution in [0.4, 0.5) is 0 Å². The van der Waals surface area contributed by atoms with Crippen LogP contribution in [0, 0.1) is 11.3 Å². The summed E-state index contributed by atoms with van der Waals surface area (Å²) < 4.78 is 31.6. The minimum absolute atomic E-state index is 0.101. The lowest BCUT2D eigenvalue weighted by molar-refractivity contribution is 0.482. The molecule has 1 aliphatic heterocycles. The molecule has 9 nitrogen and oxygen atoms in total. The second-order valence-corrected chi connectivity index (χ2v) is 10.3. The molecule has 2 aromatic heterocycles. The Morgan fingerprint density at radius 2 is 1.97 bits per heavy atom. The molecule has 0 saturated heterocycles. The molecule has 1 atom stereocenters. The average Bonchev–Trinajstić information content (AvgIpc) is 3.33. The summed E-state index contributed by atoms with van der Waals surface area (Å²) >= 11 is 7.64. The first-order valence-corrected chi connectivity index (χ1v) is 11.4. The van der Waals surface area contributed by atoms with Crippen molar-refractivity contribution in [3.8, 4) is 28.3 Å². The van der Waals surface area contributed by atoms with Crippen molar-refractivity contribution in [3.05, 3.63) is 45.8 Å². The molecule has 154 valence electrons. The summed E-state index contributed by atoms with van der Waals surface area (Å²) in [7, 11) is -2.27. The summed E-state index contributed by atoms with van der Waals surface area (Å²) in [5, 5.41) is 17.4. The van der Waals surface area contributed by atoms with Gasteiger partial charge in [0, 0.05) is 12.6 Å². The summed E-state index contributed by atoms with van der Waals surface area (Å²) in [6.07, 6.45) is 0. The number of rotatable bonds is 3. The third-order valence-electron chi connectivity index (χ3n) is 4.64. The Labute approximate surface area is 181 Å². The van der Waals surface area contributed by atoms with Gasteiger partial charge in [-0.1, -0.05) is 11.6 Å². The van der Waals surface area contributed by atoms with Crippen molar-refractivity contribution in [1.82, 2.24) is 14.5 Å². The van der Waals surface area contributed by atoms with E-state index in [-0.39, 0.29) is 23.5 Å². The van der Waals surface area contributed by atoms with Crippen molar-refractivity contribution in [2.45, 2.75) is 12.5 Å². The van der Waals surface area contributed by atoms with Crippen molar-refractivity contribution < 1.29 is 12.8 Å². The van der Waals surface area contributed by atoms with Crippen LogP contribution in [0.3, 0.4) is 0 Å².